The standard InChI is InChI=1S/C16H8ClF2NOS2/c17-12-5-2-6-13(19)11(12)8-14-15(21)20(16(22)23-14)10-4-1-3-9(18)7-10/h1-8H. The Hall–Kier alpha value is -1.76. The van der Waals surface area contributed by atoms with Gasteiger partial charge >= 0.3 is 0 Å². The number of hydrogen-bond donors (Lipinski definition) is 0. The third-order valence-corrected chi connectivity index (χ3v) is 4.77. The quantitative estimate of drug-likeness (QED) is 0.549. The minimum Gasteiger partial charge on any atom is -0.268 e. The lowest BCUT2D eigenvalue weighted by Crippen LogP contribution is -2.27. The van der Waals surface area contributed by atoms with Gasteiger partial charge in [0.25, 0.3) is 5.91 Å². The largest absolute Gasteiger partial charge is 0.270 e. The molecule has 2 aromatic carbocycles. The van der Waals surface area contributed by atoms with E-state index >= 15 is 0 Å². The van der Waals surface area contributed by atoms with Crippen LogP contribution in [0.2, 0.25) is 5.02 Å². The van der Waals surface area contributed by atoms with Crippen molar-refractivity contribution >= 4 is 57.6 Å². The number of amides is 1. The first-order chi connectivity index (χ1) is 11.0. The molecule has 3 rings (SSSR count). The van der Waals surface area contributed by atoms with Gasteiger partial charge in [0.15, 0.2) is 4.32 Å². The lowest BCUT2D eigenvalue weighted by Gasteiger charge is -2.14. The number of halogens is 3. The number of nitrogens with zero attached hydrogens (tertiary/aromatic N) is 1. The Balaban J connectivity index is 2.00. The topological polar surface area (TPSA) is 20.3 Å². The highest BCUT2D eigenvalue weighted by Crippen LogP contribution is 2.37. The van der Waals surface area contributed by atoms with E-state index in [0.29, 0.717) is 5.69 Å². The smallest absolute Gasteiger partial charge is 0.268 e. The summed E-state index contributed by atoms with van der Waals surface area (Å²) in [6, 6.07) is 9.81. The molecule has 0 aliphatic carbocycles. The summed E-state index contributed by atoms with van der Waals surface area (Å²) in [5, 5.41) is 0.195. The second-order valence-electron chi connectivity index (χ2n) is 4.63. The van der Waals surface area contributed by atoms with Gasteiger partial charge in [-0.2, -0.15) is 0 Å². The first-order valence-electron chi connectivity index (χ1n) is 6.45. The van der Waals surface area contributed by atoms with Crippen LogP contribution in [-0.4, -0.2) is 10.2 Å². The average Bonchev–Trinajstić information content (AvgIpc) is 2.77. The van der Waals surface area contributed by atoms with E-state index in [1.807, 2.05) is 0 Å². The molecule has 0 bridgehead atoms. The summed E-state index contributed by atoms with van der Waals surface area (Å²) in [6.45, 7) is 0. The van der Waals surface area contributed by atoms with E-state index in [1.54, 1.807) is 6.07 Å². The normalized spacial score (nSPS) is 16.5. The van der Waals surface area contributed by atoms with Crippen molar-refractivity contribution < 1.29 is 13.6 Å². The molecule has 1 amide bonds. The monoisotopic (exact) mass is 367 g/mol. The van der Waals surface area contributed by atoms with Gasteiger partial charge in [0, 0.05) is 5.56 Å². The van der Waals surface area contributed by atoms with Crippen molar-refractivity contribution in [3.05, 3.63) is 69.6 Å². The summed E-state index contributed by atoms with van der Waals surface area (Å²) in [7, 11) is 0. The molecular formula is C16H8ClF2NOS2. The lowest BCUT2D eigenvalue weighted by atomic mass is 10.2. The van der Waals surface area contributed by atoms with Crippen LogP contribution in [0, 0.1) is 11.6 Å². The summed E-state index contributed by atoms with van der Waals surface area (Å²) < 4.78 is 27.5. The van der Waals surface area contributed by atoms with Crippen LogP contribution >= 0.6 is 35.6 Å². The van der Waals surface area contributed by atoms with Gasteiger partial charge in [-0.1, -0.05) is 47.7 Å². The molecule has 7 heteroatoms. The fraction of sp³-hybridized carbons (Fsp3) is 0. The molecule has 1 heterocycles. The molecule has 0 atom stereocenters. The van der Waals surface area contributed by atoms with Crippen molar-refractivity contribution in [3.63, 3.8) is 0 Å². The van der Waals surface area contributed by atoms with E-state index in [-0.39, 0.29) is 19.8 Å². The first kappa shape index (κ1) is 16.1. The molecule has 1 fully saturated rings. The number of rotatable bonds is 2. The van der Waals surface area contributed by atoms with Gasteiger partial charge in [-0.05, 0) is 36.4 Å². The zero-order chi connectivity index (χ0) is 16.6. The Labute approximate surface area is 145 Å². The average molecular weight is 368 g/mol. The zero-order valence-corrected chi connectivity index (χ0v) is 13.8. The van der Waals surface area contributed by atoms with E-state index in [4.69, 9.17) is 23.8 Å². The Kier molecular flexibility index (Phi) is 4.48. The molecule has 0 radical (unpaired) electrons. The third kappa shape index (κ3) is 3.15. The fourth-order valence-electron chi connectivity index (χ4n) is 2.09. The zero-order valence-electron chi connectivity index (χ0n) is 11.4. The molecule has 2 nitrogen and oxygen atoms in total. The van der Waals surface area contributed by atoms with Crippen LogP contribution in [0.3, 0.4) is 0 Å². The fourth-order valence-corrected chi connectivity index (χ4v) is 3.58. The highest BCUT2D eigenvalue weighted by atomic mass is 35.5. The van der Waals surface area contributed by atoms with Gasteiger partial charge in [0.1, 0.15) is 11.6 Å². The van der Waals surface area contributed by atoms with Crippen molar-refractivity contribution in [2.24, 2.45) is 0 Å². The minimum atomic E-state index is -0.534. The second kappa shape index (κ2) is 6.39. The molecular weight excluding hydrogens is 360 g/mol. The molecule has 0 aromatic heterocycles. The maximum absolute atomic E-state index is 13.9. The van der Waals surface area contributed by atoms with E-state index < -0.39 is 17.5 Å². The van der Waals surface area contributed by atoms with E-state index in [2.05, 4.69) is 0 Å². The third-order valence-electron chi connectivity index (χ3n) is 3.14. The van der Waals surface area contributed by atoms with E-state index in [9.17, 15) is 13.6 Å². The summed E-state index contributed by atoms with van der Waals surface area (Å²) in [5.41, 5.74) is 0.449. The number of carbonyl (C=O) groups excluding carboxylic acids is 1. The molecule has 0 spiro atoms. The second-order valence-corrected chi connectivity index (χ2v) is 6.72. The first-order valence-corrected chi connectivity index (χ1v) is 8.05. The van der Waals surface area contributed by atoms with Gasteiger partial charge < -0.3 is 0 Å². The van der Waals surface area contributed by atoms with Crippen LogP contribution in [-0.2, 0) is 4.79 Å². The Bertz CT molecular complexity index is 833. The van der Waals surface area contributed by atoms with Crippen LogP contribution in [0.1, 0.15) is 5.56 Å². The summed E-state index contributed by atoms with van der Waals surface area (Å²) in [5.74, 6) is -1.45. The van der Waals surface area contributed by atoms with Crippen molar-refractivity contribution in [3.8, 4) is 0 Å². The van der Waals surface area contributed by atoms with Crippen LogP contribution in [0.15, 0.2) is 47.4 Å². The van der Waals surface area contributed by atoms with Gasteiger partial charge in [-0.3, -0.25) is 9.69 Å². The van der Waals surface area contributed by atoms with Crippen molar-refractivity contribution in [2.45, 2.75) is 0 Å². The molecule has 1 aliphatic rings. The van der Waals surface area contributed by atoms with Gasteiger partial charge in [0.2, 0.25) is 0 Å². The molecule has 1 aliphatic heterocycles. The van der Waals surface area contributed by atoms with Gasteiger partial charge in [-0.15, -0.1) is 0 Å². The molecule has 23 heavy (non-hydrogen) atoms. The Morgan fingerprint density at radius 2 is 1.91 bits per heavy atom. The Morgan fingerprint density at radius 1 is 1.17 bits per heavy atom. The Morgan fingerprint density at radius 3 is 2.61 bits per heavy atom. The van der Waals surface area contributed by atoms with Crippen LogP contribution in [0.25, 0.3) is 6.08 Å². The van der Waals surface area contributed by atoms with Crippen LogP contribution in [0.5, 0.6) is 0 Å². The number of thioether (sulfide) groups is 1. The van der Waals surface area contributed by atoms with Crippen molar-refractivity contribution in [1.29, 1.82) is 0 Å². The molecule has 0 unspecified atom stereocenters. The number of anilines is 1. The minimum absolute atomic E-state index is 0.119. The number of hydrogen-bond acceptors (Lipinski definition) is 3. The van der Waals surface area contributed by atoms with E-state index in [0.717, 1.165) is 11.8 Å². The highest BCUT2D eigenvalue weighted by molar-refractivity contribution is 8.27. The number of thiocarbonyl (C=S) groups is 1. The molecule has 0 N–H and O–H groups in total. The molecule has 2 aromatic rings. The molecule has 116 valence electrons. The van der Waals surface area contributed by atoms with Crippen LogP contribution in [0.4, 0.5) is 14.5 Å². The van der Waals surface area contributed by atoms with Gasteiger partial charge in [-0.25, -0.2) is 8.78 Å². The summed E-state index contributed by atoms with van der Waals surface area (Å²) in [6.07, 6.45) is 1.36. The van der Waals surface area contributed by atoms with Crippen molar-refractivity contribution in [1.82, 2.24) is 0 Å². The molecule has 0 saturated carbocycles. The predicted octanol–water partition coefficient (Wildman–Crippen LogP) is 5.02. The lowest BCUT2D eigenvalue weighted by molar-refractivity contribution is -0.113. The van der Waals surface area contributed by atoms with E-state index in [1.165, 1.54) is 47.4 Å². The van der Waals surface area contributed by atoms with Crippen LogP contribution < -0.4 is 4.90 Å². The maximum Gasteiger partial charge on any atom is 0.270 e. The number of carbonyl (C=O) groups is 1. The predicted molar refractivity (Wildman–Crippen MR) is 93.5 cm³/mol. The van der Waals surface area contributed by atoms with Gasteiger partial charge in [0.05, 0.1) is 15.6 Å². The highest BCUT2D eigenvalue weighted by Gasteiger charge is 2.33. The summed E-state index contributed by atoms with van der Waals surface area (Å²) in [4.78, 5) is 14.0. The molecule has 1 saturated heterocycles. The maximum atomic E-state index is 13.9. The summed E-state index contributed by atoms with van der Waals surface area (Å²) >= 11 is 12.2. The SMILES string of the molecule is O=C1C(=Cc2c(F)cccc2Cl)SC(=S)N1c1cccc(F)c1. The van der Waals surface area contributed by atoms with Crippen molar-refractivity contribution in [2.75, 3.05) is 4.90 Å². The number of benzene rings is 2.